The quantitative estimate of drug-likeness (QED) is 0.828. The Kier molecular flexibility index (Phi) is 4.30. The van der Waals surface area contributed by atoms with Crippen molar-refractivity contribution < 1.29 is 0 Å². The van der Waals surface area contributed by atoms with Gasteiger partial charge < -0.3 is 5.32 Å². The van der Waals surface area contributed by atoms with Crippen LogP contribution < -0.4 is 5.32 Å². The highest BCUT2D eigenvalue weighted by Crippen LogP contribution is 2.19. The maximum Gasteiger partial charge on any atom is 0.0564 e. The number of pyridine rings is 1. The van der Waals surface area contributed by atoms with Crippen molar-refractivity contribution in [3.63, 3.8) is 0 Å². The lowest BCUT2D eigenvalue weighted by Crippen LogP contribution is -2.39. The highest BCUT2D eigenvalue weighted by Gasteiger charge is 2.21. The van der Waals surface area contributed by atoms with E-state index < -0.39 is 0 Å². The van der Waals surface area contributed by atoms with E-state index in [1.807, 2.05) is 19.3 Å². The third-order valence-corrected chi connectivity index (χ3v) is 3.40. The molecule has 0 aliphatic heterocycles. The molecule has 0 spiro atoms. The van der Waals surface area contributed by atoms with E-state index in [1.54, 1.807) is 0 Å². The SMILES string of the molecule is CCC(C)(C)N(C)Cc1cc(NC)ccn1. The second-order valence-corrected chi connectivity index (χ2v) is 4.81. The van der Waals surface area contributed by atoms with E-state index in [1.165, 1.54) is 0 Å². The van der Waals surface area contributed by atoms with Crippen LogP contribution in [-0.4, -0.2) is 29.5 Å². The van der Waals surface area contributed by atoms with Crippen molar-refractivity contribution in [2.24, 2.45) is 0 Å². The molecule has 0 bridgehead atoms. The topological polar surface area (TPSA) is 28.2 Å². The summed E-state index contributed by atoms with van der Waals surface area (Å²) in [5.41, 5.74) is 2.45. The summed E-state index contributed by atoms with van der Waals surface area (Å²) in [7, 11) is 4.08. The summed E-state index contributed by atoms with van der Waals surface area (Å²) in [6.07, 6.45) is 2.99. The summed E-state index contributed by atoms with van der Waals surface area (Å²) < 4.78 is 0. The smallest absolute Gasteiger partial charge is 0.0564 e. The molecular formula is C13H23N3. The van der Waals surface area contributed by atoms with Crippen molar-refractivity contribution in [3.05, 3.63) is 24.0 Å². The van der Waals surface area contributed by atoms with Gasteiger partial charge in [0.05, 0.1) is 5.69 Å². The normalized spacial score (nSPS) is 11.9. The fourth-order valence-corrected chi connectivity index (χ4v) is 1.45. The van der Waals surface area contributed by atoms with Crippen LogP contribution >= 0.6 is 0 Å². The van der Waals surface area contributed by atoms with Gasteiger partial charge in [0.2, 0.25) is 0 Å². The maximum absolute atomic E-state index is 4.39. The Labute approximate surface area is 98.9 Å². The molecule has 0 aromatic carbocycles. The predicted molar refractivity (Wildman–Crippen MR) is 69.6 cm³/mol. The van der Waals surface area contributed by atoms with Gasteiger partial charge in [-0.2, -0.15) is 0 Å². The Morgan fingerprint density at radius 3 is 2.69 bits per heavy atom. The van der Waals surface area contributed by atoms with Gasteiger partial charge in [-0.05, 0) is 39.4 Å². The summed E-state index contributed by atoms with van der Waals surface area (Å²) >= 11 is 0. The van der Waals surface area contributed by atoms with Crippen LogP contribution in [-0.2, 0) is 6.54 Å². The lowest BCUT2D eigenvalue weighted by molar-refractivity contribution is 0.141. The summed E-state index contributed by atoms with van der Waals surface area (Å²) in [6, 6.07) is 4.08. The largest absolute Gasteiger partial charge is 0.388 e. The van der Waals surface area contributed by atoms with E-state index in [4.69, 9.17) is 0 Å². The Hall–Kier alpha value is -1.09. The van der Waals surface area contributed by atoms with Gasteiger partial charge in [-0.15, -0.1) is 0 Å². The van der Waals surface area contributed by atoms with Gasteiger partial charge in [0.15, 0.2) is 0 Å². The molecule has 0 amide bonds. The minimum absolute atomic E-state index is 0.220. The van der Waals surface area contributed by atoms with Gasteiger partial charge >= 0.3 is 0 Å². The summed E-state index contributed by atoms with van der Waals surface area (Å²) in [4.78, 5) is 6.74. The van der Waals surface area contributed by atoms with Crippen LogP contribution in [0.5, 0.6) is 0 Å². The molecular weight excluding hydrogens is 198 g/mol. The van der Waals surface area contributed by atoms with Crippen molar-refractivity contribution in [3.8, 4) is 0 Å². The van der Waals surface area contributed by atoms with Gasteiger partial charge in [0.25, 0.3) is 0 Å². The maximum atomic E-state index is 4.39. The Morgan fingerprint density at radius 2 is 2.12 bits per heavy atom. The molecule has 1 aromatic rings. The summed E-state index contributed by atoms with van der Waals surface area (Å²) in [6.45, 7) is 7.62. The molecule has 0 aliphatic carbocycles. The number of hydrogen-bond donors (Lipinski definition) is 1. The molecule has 3 nitrogen and oxygen atoms in total. The fourth-order valence-electron chi connectivity index (χ4n) is 1.45. The number of anilines is 1. The third-order valence-electron chi connectivity index (χ3n) is 3.40. The zero-order valence-electron chi connectivity index (χ0n) is 11.0. The lowest BCUT2D eigenvalue weighted by Gasteiger charge is -2.34. The Bertz CT molecular complexity index is 334. The second-order valence-electron chi connectivity index (χ2n) is 4.81. The highest BCUT2D eigenvalue weighted by atomic mass is 15.2. The predicted octanol–water partition coefficient (Wildman–Crippen LogP) is 2.74. The molecule has 0 atom stereocenters. The molecule has 90 valence electrons. The number of nitrogens with zero attached hydrogens (tertiary/aromatic N) is 2. The van der Waals surface area contributed by atoms with Crippen LogP contribution in [0.25, 0.3) is 0 Å². The standard InChI is InChI=1S/C13H23N3/c1-6-13(2,3)16(5)10-12-9-11(14-4)7-8-15-12/h7-9H,6,10H2,1-5H3,(H,14,15). The van der Waals surface area contributed by atoms with Gasteiger partial charge in [0.1, 0.15) is 0 Å². The van der Waals surface area contributed by atoms with Crippen LogP contribution in [0.2, 0.25) is 0 Å². The Morgan fingerprint density at radius 1 is 1.44 bits per heavy atom. The van der Waals surface area contributed by atoms with E-state index in [-0.39, 0.29) is 5.54 Å². The molecule has 1 aromatic heterocycles. The Balaban J connectivity index is 2.72. The molecule has 0 unspecified atom stereocenters. The van der Waals surface area contributed by atoms with Crippen LogP contribution in [0.4, 0.5) is 5.69 Å². The van der Waals surface area contributed by atoms with Crippen LogP contribution in [0.3, 0.4) is 0 Å². The molecule has 0 fully saturated rings. The first kappa shape index (κ1) is 13.0. The zero-order chi connectivity index (χ0) is 12.2. The monoisotopic (exact) mass is 221 g/mol. The highest BCUT2D eigenvalue weighted by molar-refractivity contribution is 5.42. The average molecular weight is 221 g/mol. The van der Waals surface area contributed by atoms with Crippen LogP contribution in [0, 0.1) is 0 Å². The number of nitrogens with one attached hydrogen (secondary N) is 1. The van der Waals surface area contributed by atoms with Crippen molar-refractivity contribution in [2.45, 2.75) is 39.3 Å². The third kappa shape index (κ3) is 3.20. The van der Waals surface area contributed by atoms with E-state index >= 15 is 0 Å². The van der Waals surface area contributed by atoms with E-state index in [0.717, 1.165) is 24.3 Å². The van der Waals surface area contributed by atoms with Crippen molar-refractivity contribution in [1.82, 2.24) is 9.88 Å². The van der Waals surface area contributed by atoms with Crippen molar-refractivity contribution >= 4 is 5.69 Å². The number of aromatic nitrogens is 1. The summed E-state index contributed by atoms with van der Waals surface area (Å²) in [5.74, 6) is 0. The van der Waals surface area contributed by atoms with E-state index in [0.29, 0.717) is 0 Å². The fraction of sp³-hybridized carbons (Fsp3) is 0.615. The molecule has 16 heavy (non-hydrogen) atoms. The molecule has 0 radical (unpaired) electrons. The van der Waals surface area contributed by atoms with Gasteiger partial charge in [0, 0.05) is 31.0 Å². The molecule has 1 N–H and O–H groups in total. The zero-order valence-corrected chi connectivity index (χ0v) is 11.0. The van der Waals surface area contributed by atoms with E-state index in [2.05, 4.69) is 49.1 Å². The van der Waals surface area contributed by atoms with Crippen LogP contribution in [0.15, 0.2) is 18.3 Å². The first-order valence-electron chi connectivity index (χ1n) is 5.83. The molecule has 1 rings (SSSR count). The van der Waals surface area contributed by atoms with Gasteiger partial charge in [-0.25, -0.2) is 0 Å². The average Bonchev–Trinajstić information content (AvgIpc) is 2.29. The summed E-state index contributed by atoms with van der Waals surface area (Å²) in [5, 5.41) is 3.13. The number of hydrogen-bond acceptors (Lipinski definition) is 3. The van der Waals surface area contributed by atoms with Crippen molar-refractivity contribution in [1.29, 1.82) is 0 Å². The first-order chi connectivity index (χ1) is 7.49. The molecule has 0 aliphatic rings. The number of rotatable bonds is 5. The van der Waals surface area contributed by atoms with Gasteiger partial charge in [-0.3, -0.25) is 9.88 Å². The first-order valence-corrected chi connectivity index (χ1v) is 5.83. The van der Waals surface area contributed by atoms with Crippen LogP contribution in [0.1, 0.15) is 32.9 Å². The molecule has 0 saturated heterocycles. The minimum atomic E-state index is 0.220. The second kappa shape index (κ2) is 5.30. The molecule has 3 heteroatoms. The van der Waals surface area contributed by atoms with Crippen molar-refractivity contribution in [2.75, 3.05) is 19.4 Å². The van der Waals surface area contributed by atoms with E-state index in [9.17, 15) is 0 Å². The molecule has 0 saturated carbocycles. The lowest BCUT2D eigenvalue weighted by atomic mass is 10.00. The van der Waals surface area contributed by atoms with Gasteiger partial charge in [-0.1, -0.05) is 6.92 Å². The molecule has 1 heterocycles. The minimum Gasteiger partial charge on any atom is -0.388 e.